The highest BCUT2D eigenvalue weighted by atomic mass is 79.9. The number of nitrogens with zero attached hydrogens (tertiary/aromatic N) is 1. The third-order valence-corrected chi connectivity index (χ3v) is 1.34. The van der Waals surface area contributed by atoms with Crippen molar-refractivity contribution in [2.75, 3.05) is 6.61 Å². The number of rotatable bonds is 0. The third-order valence-electron chi connectivity index (χ3n) is 0.935. The van der Waals surface area contributed by atoms with Crippen molar-refractivity contribution in [2.45, 2.75) is 19.4 Å². The van der Waals surface area contributed by atoms with Gasteiger partial charge >= 0.3 is 0 Å². The Kier molecular flexibility index (Phi) is 1.31. The number of hydrogen-bond donors (Lipinski definition) is 0. The molecule has 0 saturated heterocycles. The first-order chi connectivity index (χ1) is 3.60. The molecule has 0 amide bonds. The van der Waals surface area contributed by atoms with Crippen LogP contribution in [0.3, 0.4) is 0 Å². The van der Waals surface area contributed by atoms with Gasteiger partial charge in [0.15, 0.2) is 0 Å². The van der Waals surface area contributed by atoms with Gasteiger partial charge in [-0.2, -0.15) is 0 Å². The van der Waals surface area contributed by atoms with Gasteiger partial charge in [0.25, 0.3) is 4.81 Å². The summed E-state index contributed by atoms with van der Waals surface area (Å²) in [6, 6.07) is 0. The van der Waals surface area contributed by atoms with Gasteiger partial charge in [0.05, 0.1) is 5.54 Å². The highest BCUT2D eigenvalue weighted by Crippen LogP contribution is 2.18. The Balaban J connectivity index is 2.67. The molecule has 2 nitrogen and oxygen atoms in total. The van der Waals surface area contributed by atoms with Crippen molar-refractivity contribution >= 4 is 20.7 Å². The monoisotopic (exact) mass is 177 g/mol. The summed E-state index contributed by atoms with van der Waals surface area (Å²) in [5.41, 5.74) is -0.0150. The number of halogens is 1. The maximum Gasteiger partial charge on any atom is 0.254 e. The van der Waals surface area contributed by atoms with Crippen LogP contribution in [0, 0.1) is 0 Å². The topological polar surface area (TPSA) is 21.6 Å². The normalized spacial score (nSPS) is 24.6. The van der Waals surface area contributed by atoms with Gasteiger partial charge in [0.2, 0.25) is 0 Å². The van der Waals surface area contributed by atoms with Crippen molar-refractivity contribution in [1.82, 2.24) is 0 Å². The molecule has 0 aromatic carbocycles. The van der Waals surface area contributed by atoms with Crippen LogP contribution in [-0.2, 0) is 4.74 Å². The summed E-state index contributed by atoms with van der Waals surface area (Å²) in [5.74, 6) is 0. The minimum absolute atomic E-state index is 0.0150. The Hall–Kier alpha value is -0.0500. The SMILES string of the molecule is CC1(C)COC(Br)=N1. The van der Waals surface area contributed by atoms with Gasteiger partial charge in [-0.3, -0.25) is 0 Å². The minimum atomic E-state index is -0.0150. The molecule has 0 radical (unpaired) electrons. The zero-order valence-corrected chi connectivity index (χ0v) is 6.53. The molecule has 46 valence electrons. The molecule has 1 aliphatic rings. The molecule has 0 aliphatic carbocycles. The van der Waals surface area contributed by atoms with E-state index in [4.69, 9.17) is 4.74 Å². The Morgan fingerprint density at radius 1 is 1.75 bits per heavy atom. The first-order valence-corrected chi connectivity index (χ1v) is 3.28. The predicted molar refractivity (Wildman–Crippen MR) is 36.4 cm³/mol. The lowest BCUT2D eigenvalue weighted by Gasteiger charge is -2.07. The zero-order chi connectivity index (χ0) is 6.20. The molecule has 0 N–H and O–H groups in total. The van der Waals surface area contributed by atoms with Crippen LogP contribution in [0.25, 0.3) is 0 Å². The Morgan fingerprint density at radius 3 is 2.50 bits per heavy atom. The van der Waals surface area contributed by atoms with Gasteiger partial charge in [-0.05, 0) is 13.8 Å². The number of hydrogen-bond acceptors (Lipinski definition) is 2. The van der Waals surface area contributed by atoms with Crippen LogP contribution >= 0.6 is 15.9 Å². The van der Waals surface area contributed by atoms with E-state index >= 15 is 0 Å². The molecule has 0 fully saturated rings. The van der Waals surface area contributed by atoms with Crippen LogP contribution in [-0.4, -0.2) is 17.0 Å². The lowest BCUT2D eigenvalue weighted by molar-refractivity contribution is 0.285. The summed E-state index contributed by atoms with van der Waals surface area (Å²) in [4.78, 5) is 4.76. The molecule has 8 heavy (non-hydrogen) atoms. The van der Waals surface area contributed by atoms with Gasteiger partial charge in [0, 0.05) is 15.9 Å². The van der Waals surface area contributed by atoms with E-state index < -0.39 is 0 Å². The standard InChI is InChI=1S/C5H8BrNO/c1-5(2)3-8-4(6)7-5/h3H2,1-2H3. The van der Waals surface area contributed by atoms with Gasteiger partial charge in [0.1, 0.15) is 6.61 Å². The van der Waals surface area contributed by atoms with Gasteiger partial charge < -0.3 is 4.74 Å². The second-order valence-electron chi connectivity index (χ2n) is 2.47. The van der Waals surface area contributed by atoms with Crippen LogP contribution in [0.4, 0.5) is 0 Å². The maximum atomic E-state index is 5.03. The second-order valence-corrected chi connectivity index (χ2v) is 3.14. The summed E-state index contributed by atoms with van der Waals surface area (Å²) in [6.45, 7) is 4.75. The molecule has 1 aliphatic heterocycles. The van der Waals surface area contributed by atoms with Crippen LogP contribution in [0.5, 0.6) is 0 Å². The van der Waals surface area contributed by atoms with Gasteiger partial charge in [-0.15, -0.1) is 0 Å². The van der Waals surface area contributed by atoms with Crippen LogP contribution in [0.1, 0.15) is 13.8 Å². The molecular weight excluding hydrogens is 170 g/mol. The fraction of sp³-hybridized carbons (Fsp3) is 0.800. The molecule has 0 spiro atoms. The third kappa shape index (κ3) is 1.22. The fourth-order valence-corrected chi connectivity index (χ4v) is 1.13. The van der Waals surface area contributed by atoms with E-state index in [-0.39, 0.29) is 5.54 Å². The van der Waals surface area contributed by atoms with E-state index in [1.165, 1.54) is 0 Å². The first-order valence-electron chi connectivity index (χ1n) is 2.48. The summed E-state index contributed by atoms with van der Waals surface area (Å²) in [7, 11) is 0. The molecule has 1 heterocycles. The molecule has 0 saturated carbocycles. The summed E-state index contributed by atoms with van der Waals surface area (Å²) in [5, 5.41) is 0. The summed E-state index contributed by atoms with van der Waals surface area (Å²) in [6.07, 6.45) is 0. The molecule has 1 rings (SSSR count). The van der Waals surface area contributed by atoms with Crippen molar-refractivity contribution in [1.29, 1.82) is 0 Å². The largest absolute Gasteiger partial charge is 0.470 e. The van der Waals surface area contributed by atoms with E-state index in [1.54, 1.807) is 0 Å². The molecule has 0 unspecified atom stereocenters. The first kappa shape index (κ1) is 6.08. The molecular formula is C5H8BrNO. The highest BCUT2D eigenvalue weighted by molar-refractivity contribution is 9.18. The average molecular weight is 178 g/mol. The minimum Gasteiger partial charge on any atom is -0.470 e. The zero-order valence-electron chi connectivity index (χ0n) is 4.94. The van der Waals surface area contributed by atoms with Crippen molar-refractivity contribution in [3.05, 3.63) is 0 Å². The van der Waals surface area contributed by atoms with Crippen LogP contribution < -0.4 is 0 Å². The van der Waals surface area contributed by atoms with Crippen LogP contribution in [0.15, 0.2) is 4.99 Å². The van der Waals surface area contributed by atoms with Crippen LogP contribution in [0.2, 0.25) is 0 Å². The fourth-order valence-electron chi connectivity index (χ4n) is 0.539. The molecule has 3 heteroatoms. The van der Waals surface area contributed by atoms with E-state index in [2.05, 4.69) is 20.9 Å². The van der Waals surface area contributed by atoms with E-state index in [0.717, 1.165) is 0 Å². The second kappa shape index (κ2) is 1.72. The van der Waals surface area contributed by atoms with E-state index in [1.807, 2.05) is 13.8 Å². The van der Waals surface area contributed by atoms with Gasteiger partial charge in [-0.25, -0.2) is 4.99 Å². The van der Waals surface area contributed by atoms with Crippen molar-refractivity contribution in [3.63, 3.8) is 0 Å². The molecule has 0 aromatic heterocycles. The Morgan fingerprint density at radius 2 is 2.38 bits per heavy atom. The highest BCUT2D eigenvalue weighted by Gasteiger charge is 2.24. The average Bonchev–Trinajstić information content (AvgIpc) is 1.82. The van der Waals surface area contributed by atoms with E-state index in [0.29, 0.717) is 11.4 Å². The molecule has 0 aromatic rings. The molecule has 0 bridgehead atoms. The van der Waals surface area contributed by atoms with E-state index in [9.17, 15) is 0 Å². The summed E-state index contributed by atoms with van der Waals surface area (Å²) < 4.78 is 5.03. The van der Waals surface area contributed by atoms with Crippen molar-refractivity contribution < 1.29 is 4.74 Å². The maximum absolute atomic E-state index is 5.03. The number of ether oxygens (including phenoxy) is 1. The quantitative estimate of drug-likeness (QED) is 0.551. The lowest BCUT2D eigenvalue weighted by Crippen LogP contribution is -2.17. The van der Waals surface area contributed by atoms with Crippen molar-refractivity contribution in [2.24, 2.45) is 4.99 Å². The lowest BCUT2D eigenvalue weighted by atomic mass is 10.1. The Bertz CT molecular complexity index is 130. The summed E-state index contributed by atoms with van der Waals surface area (Å²) >= 11 is 3.14. The molecule has 0 atom stereocenters. The number of aliphatic imine (C=N–C) groups is 1. The predicted octanol–water partition coefficient (Wildman–Crippen LogP) is 1.55. The van der Waals surface area contributed by atoms with Crippen molar-refractivity contribution in [3.8, 4) is 0 Å². The Labute approximate surface area is 57.1 Å². The smallest absolute Gasteiger partial charge is 0.254 e. The van der Waals surface area contributed by atoms with Gasteiger partial charge in [-0.1, -0.05) is 0 Å².